The van der Waals surface area contributed by atoms with E-state index in [4.69, 9.17) is 0 Å². The molecule has 1 aliphatic carbocycles. The van der Waals surface area contributed by atoms with Gasteiger partial charge in [-0.1, -0.05) is 25.1 Å². The van der Waals surface area contributed by atoms with Crippen molar-refractivity contribution in [2.75, 3.05) is 13.1 Å². The highest BCUT2D eigenvalue weighted by atomic mass is 16.2. The molecule has 1 amide bonds. The Balaban J connectivity index is 1.88. The van der Waals surface area contributed by atoms with Crippen LogP contribution in [-0.2, 0) is 13.6 Å². The SMILES string of the molecule is CCCN(CC)C(=O)c1cc2c(c3ccccc3n2CC2CC2)n1C. The fraction of sp³-hybridized carbons (Fsp3) is 0.476. The predicted molar refractivity (Wildman–Crippen MR) is 103 cm³/mol. The summed E-state index contributed by atoms with van der Waals surface area (Å²) in [6, 6.07) is 10.7. The molecule has 4 heteroatoms. The van der Waals surface area contributed by atoms with Crippen LogP contribution >= 0.6 is 0 Å². The molecule has 0 atom stereocenters. The number of para-hydroxylation sites is 1. The number of carbonyl (C=O) groups excluding carboxylic acids is 1. The zero-order valence-electron chi connectivity index (χ0n) is 15.5. The minimum atomic E-state index is 0.144. The summed E-state index contributed by atoms with van der Waals surface area (Å²) in [6.07, 6.45) is 3.64. The fourth-order valence-electron chi connectivity index (χ4n) is 3.95. The Hall–Kier alpha value is -2.23. The van der Waals surface area contributed by atoms with Gasteiger partial charge in [0.25, 0.3) is 5.91 Å². The molecule has 4 rings (SSSR count). The molecule has 0 bridgehead atoms. The lowest BCUT2D eigenvalue weighted by Gasteiger charge is -2.20. The second-order valence-electron chi connectivity index (χ2n) is 7.28. The van der Waals surface area contributed by atoms with E-state index in [0.29, 0.717) is 0 Å². The van der Waals surface area contributed by atoms with Gasteiger partial charge in [0.1, 0.15) is 5.69 Å². The topological polar surface area (TPSA) is 30.2 Å². The molecule has 0 radical (unpaired) electrons. The average Bonchev–Trinajstić information content (AvgIpc) is 3.31. The minimum absolute atomic E-state index is 0.144. The van der Waals surface area contributed by atoms with Crippen molar-refractivity contribution in [2.24, 2.45) is 13.0 Å². The van der Waals surface area contributed by atoms with E-state index in [0.717, 1.165) is 37.7 Å². The molecule has 2 heterocycles. The lowest BCUT2D eigenvalue weighted by Crippen LogP contribution is -2.32. The molecule has 1 fully saturated rings. The predicted octanol–water partition coefficient (Wildman–Crippen LogP) is 4.42. The molecule has 0 spiro atoms. The van der Waals surface area contributed by atoms with Gasteiger partial charge in [-0.15, -0.1) is 0 Å². The number of benzene rings is 1. The number of amides is 1. The van der Waals surface area contributed by atoms with Crippen LogP contribution in [0.15, 0.2) is 30.3 Å². The monoisotopic (exact) mass is 337 g/mol. The van der Waals surface area contributed by atoms with Crippen LogP contribution in [0.1, 0.15) is 43.6 Å². The largest absolute Gasteiger partial charge is 0.339 e. The van der Waals surface area contributed by atoms with Gasteiger partial charge in [-0.2, -0.15) is 0 Å². The third-order valence-corrected chi connectivity index (χ3v) is 5.47. The maximum atomic E-state index is 13.0. The summed E-state index contributed by atoms with van der Waals surface area (Å²) < 4.78 is 4.52. The van der Waals surface area contributed by atoms with Crippen molar-refractivity contribution in [3.05, 3.63) is 36.0 Å². The van der Waals surface area contributed by atoms with Crippen LogP contribution in [0, 0.1) is 5.92 Å². The van der Waals surface area contributed by atoms with Crippen LogP contribution in [0.4, 0.5) is 0 Å². The van der Waals surface area contributed by atoms with Crippen molar-refractivity contribution in [1.29, 1.82) is 0 Å². The fourth-order valence-corrected chi connectivity index (χ4v) is 3.95. The quantitative estimate of drug-likeness (QED) is 0.655. The number of carbonyl (C=O) groups is 1. The smallest absolute Gasteiger partial charge is 0.270 e. The van der Waals surface area contributed by atoms with E-state index in [1.165, 1.54) is 34.8 Å². The molecule has 4 nitrogen and oxygen atoms in total. The Bertz CT molecular complexity index is 930. The minimum Gasteiger partial charge on any atom is -0.339 e. The normalized spacial score (nSPS) is 14.5. The summed E-state index contributed by atoms with van der Waals surface area (Å²) in [7, 11) is 2.03. The van der Waals surface area contributed by atoms with Gasteiger partial charge in [-0.3, -0.25) is 4.79 Å². The van der Waals surface area contributed by atoms with Crippen molar-refractivity contribution in [3.8, 4) is 0 Å². The van der Waals surface area contributed by atoms with E-state index >= 15 is 0 Å². The van der Waals surface area contributed by atoms with Crippen molar-refractivity contribution < 1.29 is 4.79 Å². The Labute approximate surface area is 149 Å². The molecule has 0 aliphatic heterocycles. The van der Waals surface area contributed by atoms with Crippen molar-refractivity contribution in [3.63, 3.8) is 0 Å². The van der Waals surface area contributed by atoms with Gasteiger partial charge in [0.05, 0.1) is 16.6 Å². The number of hydrogen-bond acceptors (Lipinski definition) is 1. The van der Waals surface area contributed by atoms with Crippen LogP contribution in [0.2, 0.25) is 0 Å². The van der Waals surface area contributed by atoms with Gasteiger partial charge in [0.2, 0.25) is 0 Å². The number of hydrogen-bond donors (Lipinski definition) is 0. The Morgan fingerprint density at radius 3 is 2.64 bits per heavy atom. The van der Waals surface area contributed by atoms with E-state index in [1.54, 1.807) is 0 Å². The lowest BCUT2D eigenvalue weighted by atomic mass is 10.2. The summed E-state index contributed by atoms with van der Waals surface area (Å²) >= 11 is 0. The van der Waals surface area contributed by atoms with E-state index in [-0.39, 0.29) is 5.91 Å². The number of rotatable bonds is 6. The molecular formula is C21H27N3O. The standard InChI is InChI=1S/C21H27N3O/c1-4-12-23(5-2)21(25)19-13-18-20(22(19)3)16-8-6-7-9-17(16)24(18)14-15-10-11-15/h6-9,13,15H,4-5,10-12,14H2,1-3H3. The van der Waals surface area contributed by atoms with Crippen molar-refractivity contribution in [2.45, 2.75) is 39.7 Å². The molecule has 1 aliphatic rings. The third-order valence-electron chi connectivity index (χ3n) is 5.47. The summed E-state index contributed by atoms with van der Waals surface area (Å²) in [5.41, 5.74) is 4.48. The number of nitrogens with zero attached hydrogens (tertiary/aromatic N) is 3. The summed E-state index contributed by atoms with van der Waals surface area (Å²) in [5, 5.41) is 1.25. The van der Waals surface area contributed by atoms with E-state index in [2.05, 4.69) is 53.3 Å². The molecule has 3 aromatic rings. The zero-order valence-corrected chi connectivity index (χ0v) is 15.5. The first kappa shape index (κ1) is 16.2. The van der Waals surface area contributed by atoms with Crippen molar-refractivity contribution >= 4 is 27.8 Å². The molecule has 0 saturated heterocycles. The molecule has 1 saturated carbocycles. The van der Waals surface area contributed by atoms with Gasteiger partial charge >= 0.3 is 0 Å². The molecular weight excluding hydrogens is 310 g/mol. The van der Waals surface area contributed by atoms with E-state index in [1.807, 2.05) is 11.9 Å². The highest BCUT2D eigenvalue weighted by Crippen LogP contribution is 2.37. The first-order valence-electron chi connectivity index (χ1n) is 9.51. The maximum Gasteiger partial charge on any atom is 0.270 e. The molecule has 2 aromatic heterocycles. The Kier molecular flexibility index (Phi) is 4.06. The van der Waals surface area contributed by atoms with Crippen LogP contribution < -0.4 is 0 Å². The second-order valence-corrected chi connectivity index (χ2v) is 7.28. The number of fused-ring (bicyclic) bond motifs is 3. The molecule has 132 valence electrons. The van der Waals surface area contributed by atoms with E-state index < -0.39 is 0 Å². The van der Waals surface area contributed by atoms with Gasteiger partial charge < -0.3 is 14.0 Å². The lowest BCUT2D eigenvalue weighted by molar-refractivity contribution is 0.0755. The van der Waals surface area contributed by atoms with Crippen LogP contribution in [0.5, 0.6) is 0 Å². The summed E-state index contributed by atoms with van der Waals surface area (Å²) in [5.74, 6) is 0.940. The Morgan fingerprint density at radius 2 is 1.96 bits per heavy atom. The molecule has 0 unspecified atom stereocenters. The van der Waals surface area contributed by atoms with Crippen LogP contribution in [0.25, 0.3) is 21.9 Å². The average molecular weight is 337 g/mol. The maximum absolute atomic E-state index is 13.0. The highest BCUT2D eigenvalue weighted by Gasteiger charge is 2.26. The number of aryl methyl sites for hydroxylation is 1. The molecule has 25 heavy (non-hydrogen) atoms. The molecule has 1 aromatic carbocycles. The first-order valence-corrected chi connectivity index (χ1v) is 9.51. The molecule has 0 N–H and O–H groups in total. The van der Waals surface area contributed by atoms with Gasteiger partial charge in [0.15, 0.2) is 0 Å². The van der Waals surface area contributed by atoms with Gasteiger partial charge in [-0.05, 0) is 44.2 Å². The number of aromatic nitrogens is 2. The van der Waals surface area contributed by atoms with Crippen LogP contribution in [-0.4, -0.2) is 33.0 Å². The second kappa shape index (κ2) is 6.25. The van der Waals surface area contributed by atoms with Crippen molar-refractivity contribution in [1.82, 2.24) is 14.0 Å². The van der Waals surface area contributed by atoms with Crippen LogP contribution in [0.3, 0.4) is 0 Å². The third kappa shape index (κ3) is 2.64. The summed E-state index contributed by atoms with van der Waals surface area (Å²) in [4.78, 5) is 15.0. The zero-order chi connectivity index (χ0) is 17.6. The highest BCUT2D eigenvalue weighted by molar-refractivity contribution is 6.10. The Morgan fingerprint density at radius 1 is 1.20 bits per heavy atom. The van der Waals surface area contributed by atoms with Gasteiger partial charge in [-0.25, -0.2) is 0 Å². The summed E-state index contributed by atoms with van der Waals surface area (Å²) in [6.45, 7) is 6.81. The first-order chi connectivity index (χ1) is 12.2. The van der Waals surface area contributed by atoms with E-state index in [9.17, 15) is 4.79 Å². The van der Waals surface area contributed by atoms with Gasteiger partial charge in [0, 0.05) is 32.1 Å².